The molecule has 0 amide bonds. The second-order valence-electron chi connectivity index (χ2n) is 4.06. The van der Waals surface area contributed by atoms with Crippen LogP contribution in [-0.4, -0.2) is 19.9 Å². The number of hydrogen-bond donors (Lipinski definition) is 1. The van der Waals surface area contributed by atoms with Crippen LogP contribution in [0.1, 0.15) is 12.5 Å². The lowest BCUT2D eigenvalue weighted by Gasteiger charge is -2.07. The van der Waals surface area contributed by atoms with Crippen molar-refractivity contribution < 1.29 is 13.3 Å². The Labute approximate surface area is 111 Å². The third-order valence-corrected chi connectivity index (χ3v) is 3.63. The molecule has 0 unspecified atom stereocenters. The average Bonchev–Trinajstić information content (AvgIpc) is 2.35. The normalized spacial score (nSPS) is 12.6. The fourth-order valence-corrected chi connectivity index (χ4v) is 2.55. The average molecular weight is 283 g/mol. The molecule has 0 aliphatic carbocycles. The first-order valence-electron chi connectivity index (χ1n) is 5.44. The highest BCUT2D eigenvalue weighted by molar-refractivity contribution is 7.88. The Morgan fingerprint density at radius 1 is 1.53 bits per heavy atom. The number of sulfonamides is 1. The topological polar surface area (TPSA) is 113 Å². The van der Waals surface area contributed by atoms with Crippen LogP contribution in [-0.2, 0) is 15.8 Å². The third kappa shape index (κ3) is 5.03. The summed E-state index contributed by atoms with van der Waals surface area (Å²) in [6, 6.07) is 7.35. The van der Waals surface area contributed by atoms with Gasteiger partial charge in [0, 0.05) is 18.7 Å². The van der Waals surface area contributed by atoms with Gasteiger partial charge in [-0.25, -0.2) is 13.1 Å². The number of nitro benzene ring substituents is 1. The maximum absolute atomic E-state index is 11.7. The highest BCUT2D eigenvalue weighted by Crippen LogP contribution is 2.14. The number of nitrogens with one attached hydrogen (secondary N) is 1. The van der Waals surface area contributed by atoms with Gasteiger partial charge in [-0.3, -0.25) is 10.1 Å². The van der Waals surface area contributed by atoms with Crippen LogP contribution in [0.2, 0.25) is 0 Å². The van der Waals surface area contributed by atoms with Crippen LogP contribution in [0, 0.1) is 27.4 Å². The number of rotatable bonds is 6. The molecule has 0 saturated heterocycles. The lowest BCUT2D eigenvalue weighted by Crippen LogP contribution is -2.29. The van der Waals surface area contributed by atoms with Crippen LogP contribution in [0.25, 0.3) is 0 Å². The Hall–Kier alpha value is -1.98. The Morgan fingerprint density at radius 2 is 2.21 bits per heavy atom. The molecule has 0 bridgehead atoms. The predicted octanol–water partition coefficient (Wildman–Crippen LogP) is 1.17. The summed E-state index contributed by atoms with van der Waals surface area (Å²) in [7, 11) is -3.61. The molecule has 19 heavy (non-hydrogen) atoms. The molecule has 7 nitrogen and oxygen atoms in total. The number of hydrogen-bond acceptors (Lipinski definition) is 5. The molecule has 1 rings (SSSR count). The van der Waals surface area contributed by atoms with Crippen molar-refractivity contribution in [3.8, 4) is 6.07 Å². The standard InChI is InChI=1S/C11H13N3O4S/c1-9(6-12)7-13-19(17,18)8-10-3-2-4-11(5-10)14(15)16/h2-5,9,13H,7-8H2,1H3/t9-/m0/s1. The highest BCUT2D eigenvalue weighted by atomic mass is 32.2. The smallest absolute Gasteiger partial charge is 0.258 e. The van der Waals surface area contributed by atoms with E-state index in [4.69, 9.17) is 5.26 Å². The molecule has 1 aromatic carbocycles. The zero-order valence-corrected chi connectivity index (χ0v) is 11.1. The second-order valence-corrected chi connectivity index (χ2v) is 5.87. The van der Waals surface area contributed by atoms with E-state index in [1.165, 1.54) is 24.3 Å². The van der Waals surface area contributed by atoms with Gasteiger partial charge in [-0.1, -0.05) is 12.1 Å². The third-order valence-electron chi connectivity index (χ3n) is 2.31. The molecule has 0 radical (unpaired) electrons. The molecule has 0 spiro atoms. The van der Waals surface area contributed by atoms with E-state index in [1.807, 2.05) is 6.07 Å². The molecule has 0 fully saturated rings. The van der Waals surface area contributed by atoms with Crippen molar-refractivity contribution in [2.45, 2.75) is 12.7 Å². The van der Waals surface area contributed by atoms with E-state index < -0.39 is 20.9 Å². The zero-order valence-electron chi connectivity index (χ0n) is 10.2. The van der Waals surface area contributed by atoms with Gasteiger partial charge in [-0.2, -0.15) is 5.26 Å². The van der Waals surface area contributed by atoms with Crippen molar-refractivity contribution in [1.82, 2.24) is 4.72 Å². The van der Waals surface area contributed by atoms with Gasteiger partial charge in [0.15, 0.2) is 0 Å². The molecular formula is C11H13N3O4S. The molecule has 0 saturated carbocycles. The molecule has 0 heterocycles. The summed E-state index contributed by atoms with van der Waals surface area (Å²) in [6.45, 7) is 1.61. The van der Waals surface area contributed by atoms with Crippen molar-refractivity contribution in [2.24, 2.45) is 5.92 Å². The number of benzene rings is 1. The minimum absolute atomic E-state index is 0.0216. The monoisotopic (exact) mass is 283 g/mol. The lowest BCUT2D eigenvalue weighted by atomic mass is 10.2. The van der Waals surface area contributed by atoms with Crippen LogP contribution in [0.5, 0.6) is 0 Å². The molecule has 0 aliphatic rings. The van der Waals surface area contributed by atoms with E-state index in [1.54, 1.807) is 6.92 Å². The summed E-state index contributed by atoms with van der Waals surface area (Å²) in [5.74, 6) is -0.785. The van der Waals surface area contributed by atoms with Crippen molar-refractivity contribution in [3.63, 3.8) is 0 Å². The van der Waals surface area contributed by atoms with Crippen LogP contribution >= 0.6 is 0 Å². The van der Waals surface area contributed by atoms with Gasteiger partial charge in [-0.05, 0) is 12.5 Å². The number of nitrogens with zero attached hydrogens (tertiary/aromatic N) is 2. The fourth-order valence-electron chi connectivity index (χ4n) is 1.33. The van der Waals surface area contributed by atoms with Crippen LogP contribution in [0.4, 0.5) is 5.69 Å². The van der Waals surface area contributed by atoms with Gasteiger partial charge < -0.3 is 0 Å². The molecule has 8 heteroatoms. The Morgan fingerprint density at radius 3 is 2.79 bits per heavy atom. The molecule has 1 atom stereocenters. The van der Waals surface area contributed by atoms with Crippen LogP contribution in [0.15, 0.2) is 24.3 Å². The van der Waals surface area contributed by atoms with Crippen molar-refractivity contribution in [3.05, 3.63) is 39.9 Å². The van der Waals surface area contributed by atoms with Crippen LogP contribution < -0.4 is 4.72 Å². The molecule has 102 valence electrons. The summed E-state index contributed by atoms with van der Waals surface area (Å²) < 4.78 is 25.7. The summed E-state index contributed by atoms with van der Waals surface area (Å²) in [5, 5.41) is 19.1. The molecule has 1 aromatic rings. The molecular weight excluding hydrogens is 270 g/mol. The van der Waals surface area contributed by atoms with Gasteiger partial charge in [0.05, 0.1) is 22.7 Å². The first-order valence-corrected chi connectivity index (χ1v) is 7.09. The first-order chi connectivity index (χ1) is 8.84. The van der Waals surface area contributed by atoms with E-state index in [0.717, 1.165) is 0 Å². The molecule has 0 aromatic heterocycles. The first kappa shape index (κ1) is 15.1. The van der Waals surface area contributed by atoms with E-state index in [9.17, 15) is 18.5 Å². The largest absolute Gasteiger partial charge is 0.269 e. The van der Waals surface area contributed by atoms with Gasteiger partial charge in [0.2, 0.25) is 10.0 Å². The van der Waals surface area contributed by atoms with Crippen molar-refractivity contribution in [2.75, 3.05) is 6.54 Å². The summed E-state index contributed by atoms with van der Waals surface area (Å²) >= 11 is 0. The van der Waals surface area contributed by atoms with E-state index in [-0.39, 0.29) is 18.0 Å². The zero-order chi connectivity index (χ0) is 14.5. The lowest BCUT2D eigenvalue weighted by molar-refractivity contribution is -0.384. The van der Waals surface area contributed by atoms with Crippen molar-refractivity contribution in [1.29, 1.82) is 5.26 Å². The summed E-state index contributed by atoms with van der Waals surface area (Å²) in [6.07, 6.45) is 0. The number of nitriles is 1. The number of non-ortho nitro benzene ring substituents is 1. The van der Waals surface area contributed by atoms with Crippen LogP contribution in [0.3, 0.4) is 0 Å². The summed E-state index contributed by atoms with van der Waals surface area (Å²) in [5.41, 5.74) is 0.171. The Balaban J connectivity index is 2.76. The summed E-state index contributed by atoms with van der Waals surface area (Å²) in [4.78, 5) is 10.00. The number of nitro groups is 1. The Bertz CT molecular complexity index is 607. The van der Waals surface area contributed by atoms with E-state index in [2.05, 4.69) is 4.72 Å². The SMILES string of the molecule is C[C@@H](C#N)CNS(=O)(=O)Cc1cccc([N+](=O)[O-])c1. The molecule has 0 aliphatic heterocycles. The molecule has 1 N–H and O–H groups in total. The van der Waals surface area contributed by atoms with Gasteiger partial charge in [0.25, 0.3) is 5.69 Å². The van der Waals surface area contributed by atoms with E-state index >= 15 is 0 Å². The fraction of sp³-hybridized carbons (Fsp3) is 0.364. The minimum atomic E-state index is -3.61. The van der Waals surface area contributed by atoms with E-state index in [0.29, 0.717) is 5.56 Å². The highest BCUT2D eigenvalue weighted by Gasteiger charge is 2.15. The maximum atomic E-state index is 11.7. The van der Waals surface area contributed by atoms with Gasteiger partial charge in [0.1, 0.15) is 0 Å². The second kappa shape index (κ2) is 6.26. The Kier molecular flexibility index (Phi) is 4.97. The minimum Gasteiger partial charge on any atom is -0.258 e. The maximum Gasteiger partial charge on any atom is 0.269 e. The van der Waals surface area contributed by atoms with Gasteiger partial charge in [-0.15, -0.1) is 0 Å². The van der Waals surface area contributed by atoms with Gasteiger partial charge >= 0.3 is 0 Å². The quantitative estimate of drug-likeness (QED) is 0.622. The van der Waals surface area contributed by atoms with Crippen molar-refractivity contribution >= 4 is 15.7 Å². The predicted molar refractivity (Wildman–Crippen MR) is 68.5 cm³/mol.